The number of rotatable bonds is 4. The van der Waals surface area contributed by atoms with Crippen molar-refractivity contribution >= 4 is 28.4 Å². The van der Waals surface area contributed by atoms with Crippen molar-refractivity contribution in [3.63, 3.8) is 0 Å². The highest BCUT2D eigenvalue weighted by Gasteiger charge is 2.32. The van der Waals surface area contributed by atoms with Crippen molar-refractivity contribution < 1.29 is 14.3 Å². The molecule has 0 radical (unpaired) electrons. The summed E-state index contributed by atoms with van der Waals surface area (Å²) in [5.74, 6) is 0.691. The number of nitrogens with one attached hydrogen (secondary N) is 2. The Hall–Kier alpha value is -4.06. The summed E-state index contributed by atoms with van der Waals surface area (Å²) in [6.07, 6.45) is 1.87. The number of ether oxygens (including phenoxy) is 1. The van der Waals surface area contributed by atoms with Crippen LogP contribution >= 0.6 is 0 Å². The summed E-state index contributed by atoms with van der Waals surface area (Å²) in [5, 5.41) is 6.70. The highest BCUT2D eigenvalue weighted by Crippen LogP contribution is 2.44. The lowest BCUT2D eigenvalue weighted by Crippen LogP contribution is -2.25. The Bertz CT molecular complexity index is 1260. The van der Waals surface area contributed by atoms with Crippen LogP contribution in [-0.2, 0) is 16.1 Å². The predicted octanol–water partition coefficient (Wildman–Crippen LogP) is 4.26. The zero-order valence-corrected chi connectivity index (χ0v) is 17.0. The lowest BCUT2D eigenvalue weighted by atomic mass is 9.87. The van der Waals surface area contributed by atoms with E-state index in [1.807, 2.05) is 83.6 Å². The van der Waals surface area contributed by atoms with Crippen LogP contribution in [0.15, 0.2) is 79.0 Å². The number of carbonyl (C=O) groups is 2. The van der Waals surface area contributed by atoms with E-state index in [0.29, 0.717) is 17.2 Å². The highest BCUT2D eigenvalue weighted by atomic mass is 16.5. The first-order valence-corrected chi connectivity index (χ1v) is 10.1. The molecule has 4 aromatic rings. The minimum absolute atomic E-state index is 0.0811. The molecule has 5 rings (SSSR count). The molecule has 2 amide bonds. The maximum Gasteiger partial charge on any atom is 0.239 e. The largest absolute Gasteiger partial charge is 0.457 e. The molecule has 0 saturated carbocycles. The molecule has 6 nitrogen and oxygen atoms in total. The first kappa shape index (κ1) is 18.9. The highest BCUT2D eigenvalue weighted by molar-refractivity contribution is 6.01. The van der Waals surface area contributed by atoms with Gasteiger partial charge in [-0.3, -0.25) is 9.59 Å². The second kappa shape index (κ2) is 7.65. The average Bonchev–Trinajstić information content (AvgIpc) is 3.19. The molecular formula is C25H21N3O3. The molecule has 2 heterocycles. The number of anilines is 1. The average molecular weight is 411 g/mol. The van der Waals surface area contributed by atoms with Crippen LogP contribution < -0.4 is 15.4 Å². The van der Waals surface area contributed by atoms with E-state index in [-0.39, 0.29) is 18.4 Å². The van der Waals surface area contributed by atoms with Crippen LogP contribution in [0, 0.1) is 0 Å². The van der Waals surface area contributed by atoms with E-state index >= 15 is 0 Å². The monoisotopic (exact) mass is 411 g/mol. The number of benzene rings is 3. The van der Waals surface area contributed by atoms with Gasteiger partial charge in [0.25, 0.3) is 0 Å². The Morgan fingerprint density at radius 3 is 2.29 bits per heavy atom. The maximum absolute atomic E-state index is 13.4. The predicted molar refractivity (Wildman–Crippen MR) is 119 cm³/mol. The Balaban J connectivity index is 1.49. The van der Waals surface area contributed by atoms with E-state index in [1.165, 1.54) is 0 Å². The van der Waals surface area contributed by atoms with E-state index in [0.717, 1.165) is 22.0 Å². The normalized spacial score (nSPS) is 12.5. The third-order valence-electron chi connectivity index (χ3n) is 5.58. The number of fused-ring (bicyclic) bond motifs is 3. The van der Waals surface area contributed by atoms with Gasteiger partial charge < -0.3 is 19.9 Å². The molecule has 1 aliphatic rings. The van der Waals surface area contributed by atoms with Gasteiger partial charge in [0.2, 0.25) is 11.8 Å². The van der Waals surface area contributed by atoms with Gasteiger partial charge in [-0.25, -0.2) is 0 Å². The Kier molecular flexibility index (Phi) is 4.67. The van der Waals surface area contributed by atoms with Gasteiger partial charge in [-0.1, -0.05) is 42.5 Å². The van der Waals surface area contributed by atoms with Crippen LogP contribution in [0.5, 0.6) is 11.5 Å². The Morgan fingerprint density at radius 1 is 0.935 bits per heavy atom. The van der Waals surface area contributed by atoms with Crippen LogP contribution in [0.4, 0.5) is 5.69 Å². The number of para-hydroxylation sites is 2. The number of amides is 2. The van der Waals surface area contributed by atoms with E-state index in [1.54, 1.807) is 7.05 Å². The van der Waals surface area contributed by atoms with E-state index in [2.05, 4.69) is 10.6 Å². The van der Waals surface area contributed by atoms with Crippen molar-refractivity contribution in [1.82, 2.24) is 9.88 Å². The maximum atomic E-state index is 13.4. The van der Waals surface area contributed by atoms with Crippen molar-refractivity contribution in [1.29, 1.82) is 0 Å². The smallest absolute Gasteiger partial charge is 0.239 e. The van der Waals surface area contributed by atoms with Crippen LogP contribution in [0.2, 0.25) is 0 Å². The molecule has 31 heavy (non-hydrogen) atoms. The standard InChI is InChI=1S/C25H21N3O3/c1-26-23(29)15-28-13-12-16-10-11-17(14-20(16)28)27-25(30)24-18-6-2-4-8-21(18)31-22-9-5-3-7-19(22)24/h2-14,24H,15H2,1H3,(H,26,29)(H,27,30). The van der Waals surface area contributed by atoms with Gasteiger partial charge in [-0.05, 0) is 35.7 Å². The molecule has 154 valence electrons. The van der Waals surface area contributed by atoms with Crippen LogP contribution in [0.25, 0.3) is 10.9 Å². The molecule has 0 spiro atoms. The van der Waals surface area contributed by atoms with E-state index < -0.39 is 5.92 Å². The Morgan fingerprint density at radius 2 is 1.61 bits per heavy atom. The van der Waals surface area contributed by atoms with Crippen molar-refractivity contribution in [2.45, 2.75) is 12.5 Å². The van der Waals surface area contributed by atoms with Gasteiger partial charge in [-0.15, -0.1) is 0 Å². The molecule has 0 aliphatic carbocycles. The lowest BCUT2D eigenvalue weighted by molar-refractivity contribution is -0.121. The van der Waals surface area contributed by atoms with Crippen LogP contribution in [0.3, 0.4) is 0 Å². The molecule has 6 heteroatoms. The molecule has 2 N–H and O–H groups in total. The molecule has 0 bridgehead atoms. The van der Waals surface area contributed by atoms with Gasteiger partial charge in [0.1, 0.15) is 18.0 Å². The first-order chi connectivity index (χ1) is 15.1. The summed E-state index contributed by atoms with van der Waals surface area (Å²) in [6.45, 7) is 0.220. The van der Waals surface area contributed by atoms with Gasteiger partial charge in [0.15, 0.2) is 0 Å². The fourth-order valence-electron chi connectivity index (χ4n) is 4.04. The molecule has 0 saturated heterocycles. The summed E-state index contributed by atoms with van der Waals surface area (Å²) >= 11 is 0. The quantitative estimate of drug-likeness (QED) is 0.527. The van der Waals surface area contributed by atoms with E-state index in [9.17, 15) is 9.59 Å². The third-order valence-corrected chi connectivity index (χ3v) is 5.58. The van der Waals surface area contributed by atoms with Crippen LogP contribution in [0.1, 0.15) is 17.0 Å². The van der Waals surface area contributed by atoms with E-state index in [4.69, 9.17) is 4.74 Å². The summed E-state index contributed by atoms with van der Waals surface area (Å²) in [4.78, 5) is 25.3. The second-order valence-electron chi connectivity index (χ2n) is 7.49. The number of aromatic nitrogens is 1. The molecule has 0 fully saturated rings. The van der Waals surface area contributed by atoms with Crippen molar-refractivity contribution in [3.05, 3.63) is 90.1 Å². The number of likely N-dealkylation sites (N-methyl/N-ethyl adjacent to an activating group) is 1. The number of nitrogens with zero attached hydrogens (tertiary/aromatic N) is 1. The minimum Gasteiger partial charge on any atom is -0.457 e. The fourth-order valence-corrected chi connectivity index (χ4v) is 4.04. The molecule has 0 atom stereocenters. The van der Waals surface area contributed by atoms with Crippen molar-refractivity contribution in [2.24, 2.45) is 0 Å². The minimum atomic E-state index is -0.477. The summed E-state index contributed by atoms with van der Waals surface area (Å²) < 4.78 is 7.86. The second-order valence-corrected chi connectivity index (χ2v) is 7.49. The zero-order valence-electron chi connectivity index (χ0n) is 17.0. The van der Waals surface area contributed by atoms with Gasteiger partial charge >= 0.3 is 0 Å². The van der Waals surface area contributed by atoms with Gasteiger partial charge in [0, 0.05) is 30.1 Å². The van der Waals surface area contributed by atoms with Gasteiger partial charge in [-0.2, -0.15) is 0 Å². The molecular weight excluding hydrogens is 390 g/mol. The SMILES string of the molecule is CNC(=O)Cn1ccc2ccc(NC(=O)C3c4ccccc4Oc4ccccc43)cc21. The summed E-state index contributed by atoms with van der Waals surface area (Å²) in [7, 11) is 1.61. The fraction of sp³-hybridized carbons (Fsp3) is 0.120. The summed E-state index contributed by atoms with van der Waals surface area (Å²) in [6, 6.07) is 22.9. The number of hydrogen-bond donors (Lipinski definition) is 2. The molecule has 0 unspecified atom stereocenters. The molecule has 1 aromatic heterocycles. The van der Waals surface area contributed by atoms with Crippen LogP contribution in [-0.4, -0.2) is 23.4 Å². The topological polar surface area (TPSA) is 72.4 Å². The third kappa shape index (κ3) is 3.42. The number of hydrogen-bond acceptors (Lipinski definition) is 3. The van der Waals surface area contributed by atoms with Gasteiger partial charge in [0.05, 0.1) is 11.4 Å². The number of carbonyl (C=O) groups excluding carboxylic acids is 2. The molecule has 1 aliphatic heterocycles. The first-order valence-electron chi connectivity index (χ1n) is 10.1. The van der Waals surface area contributed by atoms with Crippen molar-refractivity contribution in [2.75, 3.05) is 12.4 Å². The lowest BCUT2D eigenvalue weighted by Gasteiger charge is -2.27. The summed E-state index contributed by atoms with van der Waals surface area (Å²) in [5.41, 5.74) is 3.23. The Labute approximate surface area is 179 Å². The zero-order chi connectivity index (χ0) is 21.4. The molecule has 3 aromatic carbocycles. The van der Waals surface area contributed by atoms with Crippen molar-refractivity contribution in [3.8, 4) is 11.5 Å².